The summed E-state index contributed by atoms with van der Waals surface area (Å²) in [5.41, 5.74) is 2.52. The van der Waals surface area contributed by atoms with Gasteiger partial charge in [0.05, 0.1) is 0 Å². The number of rotatable bonds is 2. The molecule has 21 heavy (non-hydrogen) atoms. The zero-order valence-electron chi connectivity index (χ0n) is 13.7. The van der Waals surface area contributed by atoms with Crippen molar-refractivity contribution in [1.82, 2.24) is 5.32 Å². The fraction of sp³-hybridized carbons (Fsp3) is 0.611. The summed E-state index contributed by atoms with van der Waals surface area (Å²) in [4.78, 5) is 0. The van der Waals surface area contributed by atoms with Gasteiger partial charge in [0, 0.05) is 11.7 Å². The van der Waals surface area contributed by atoms with Crippen LogP contribution in [0.5, 0.6) is 0 Å². The normalized spacial score (nSPS) is 22.7. The minimum atomic E-state index is 0.108. The molecule has 2 N–H and O–H groups in total. The quantitative estimate of drug-likeness (QED) is 0.764. The molecule has 2 rings (SSSR count). The maximum absolute atomic E-state index is 5.53. The van der Waals surface area contributed by atoms with Crippen molar-refractivity contribution >= 4 is 23.0 Å². The molecule has 3 heteroatoms. The second kappa shape index (κ2) is 6.78. The van der Waals surface area contributed by atoms with Gasteiger partial charge in [-0.15, -0.1) is 0 Å². The van der Waals surface area contributed by atoms with Crippen LogP contribution in [0.25, 0.3) is 0 Å². The van der Waals surface area contributed by atoms with E-state index < -0.39 is 0 Å². The van der Waals surface area contributed by atoms with Crippen LogP contribution in [0.3, 0.4) is 0 Å². The number of thiocarbonyl (C=S) groups is 1. The van der Waals surface area contributed by atoms with E-state index in [0.29, 0.717) is 12.0 Å². The van der Waals surface area contributed by atoms with Crippen LogP contribution >= 0.6 is 12.2 Å². The molecule has 0 aromatic heterocycles. The molecule has 0 unspecified atom stereocenters. The maximum atomic E-state index is 5.53. The number of benzene rings is 1. The highest BCUT2D eigenvalue weighted by atomic mass is 32.1. The Balaban J connectivity index is 2.03. The van der Waals surface area contributed by atoms with Crippen molar-refractivity contribution in [2.45, 2.75) is 64.8 Å². The summed E-state index contributed by atoms with van der Waals surface area (Å²) in [5.74, 6) is 0.705. The first-order valence-corrected chi connectivity index (χ1v) is 8.46. The lowest BCUT2D eigenvalue weighted by Gasteiger charge is -2.31. The molecule has 116 valence electrons. The Morgan fingerprint density at radius 3 is 2.48 bits per heavy atom. The van der Waals surface area contributed by atoms with Gasteiger partial charge in [-0.25, -0.2) is 0 Å². The monoisotopic (exact) mass is 304 g/mol. The zero-order chi connectivity index (χ0) is 15.5. The molecule has 0 saturated heterocycles. The van der Waals surface area contributed by atoms with E-state index in [9.17, 15) is 0 Å². The van der Waals surface area contributed by atoms with E-state index in [1.165, 1.54) is 31.2 Å². The van der Waals surface area contributed by atoms with Gasteiger partial charge in [-0.05, 0) is 48.0 Å². The smallest absolute Gasteiger partial charge is 0.171 e. The van der Waals surface area contributed by atoms with Crippen LogP contribution in [0, 0.1) is 5.92 Å². The Kier molecular flexibility index (Phi) is 5.26. The highest BCUT2D eigenvalue weighted by Crippen LogP contribution is 2.29. The van der Waals surface area contributed by atoms with Crippen LogP contribution < -0.4 is 10.6 Å². The number of hydrogen-bond donors (Lipinski definition) is 2. The molecule has 1 aliphatic carbocycles. The molecule has 1 fully saturated rings. The maximum Gasteiger partial charge on any atom is 0.171 e. The minimum absolute atomic E-state index is 0.108. The van der Waals surface area contributed by atoms with Crippen molar-refractivity contribution in [3.8, 4) is 0 Å². The Morgan fingerprint density at radius 1 is 1.14 bits per heavy atom. The number of para-hydroxylation sites is 1. The molecule has 1 aromatic rings. The Labute approximate surface area is 134 Å². The minimum Gasteiger partial charge on any atom is -0.359 e. The van der Waals surface area contributed by atoms with Gasteiger partial charge in [0.1, 0.15) is 0 Å². The molecular formula is C18H28N2S. The second-order valence-corrected chi connectivity index (χ2v) is 7.67. The fourth-order valence-electron chi connectivity index (χ4n) is 3.10. The van der Waals surface area contributed by atoms with Crippen molar-refractivity contribution < 1.29 is 0 Å². The van der Waals surface area contributed by atoms with E-state index in [1.54, 1.807) is 0 Å². The molecule has 1 aromatic carbocycles. The molecule has 0 heterocycles. The lowest BCUT2D eigenvalue weighted by molar-refractivity contribution is 0.309. The molecule has 2 atom stereocenters. The molecule has 0 amide bonds. The zero-order valence-corrected chi connectivity index (χ0v) is 14.5. The van der Waals surface area contributed by atoms with Gasteiger partial charge in [0.2, 0.25) is 0 Å². The third kappa shape index (κ3) is 4.44. The van der Waals surface area contributed by atoms with Crippen LogP contribution in [0.2, 0.25) is 0 Å². The summed E-state index contributed by atoms with van der Waals surface area (Å²) >= 11 is 5.53. The standard InChI is InChI=1S/C18H28N2S/c1-13-9-5-7-11-15(13)19-17(21)20-16-12-8-6-10-14(16)18(2,3)4/h6,8,10,12-13,15H,5,7,9,11H2,1-4H3,(H2,19,20,21)/t13-,15+/m1/s1. The third-order valence-electron chi connectivity index (χ3n) is 4.41. The number of hydrogen-bond acceptors (Lipinski definition) is 1. The topological polar surface area (TPSA) is 24.1 Å². The number of anilines is 1. The lowest BCUT2D eigenvalue weighted by atomic mass is 9.85. The Hall–Kier alpha value is -1.09. The van der Waals surface area contributed by atoms with Crippen molar-refractivity contribution in [2.75, 3.05) is 5.32 Å². The van der Waals surface area contributed by atoms with E-state index in [0.717, 1.165) is 10.8 Å². The highest BCUT2D eigenvalue weighted by Gasteiger charge is 2.22. The van der Waals surface area contributed by atoms with Gasteiger partial charge in [-0.1, -0.05) is 58.7 Å². The molecule has 0 aliphatic heterocycles. The van der Waals surface area contributed by atoms with Crippen molar-refractivity contribution in [3.05, 3.63) is 29.8 Å². The average Bonchev–Trinajstić information content (AvgIpc) is 2.41. The van der Waals surface area contributed by atoms with Gasteiger partial charge in [-0.3, -0.25) is 0 Å². The molecule has 0 bridgehead atoms. The van der Waals surface area contributed by atoms with Crippen molar-refractivity contribution in [2.24, 2.45) is 5.92 Å². The van der Waals surface area contributed by atoms with E-state index in [2.05, 4.69) is 62.6 Å². The van der Waals surface area contributed by atoms with Crippen molar-refractivity contribution in [3.63, 3.8) is 0 Å². The van der Waals surface area contributed by atoms with Gasteiger partial charge in [0.25, 0.3) is 0 Å². The first-order valence-electron chi connectivity index (χ1n) is 8.05. The van der Waals surface area contributed by atoms with Crippen LogP contribution in [-0.2, 0) is 5.41 Å². The Morgan fingerprint density at radius 2 is 1.81 bits per heavy atom. The summed E-state index contributed by atoms with van der Waals surface area (Å²) in [6.07, 6.45) is 5.19. The number of nitrogens with one attached hydrogen (secondary N) is 2. The van der Waals surface area contributed by atoms with E-state index in [-0.39, 0.29) is 5.41 Å². The fourth-order valence-corrected chi connectivity index (χ4v) is 3.36. The largest absolute Gasteiger partial charge is 0.359 e. The predicted octanol–water partition coefficient (Wildman–Crippen LogP) is 4.85. The van der Waals surface area contributed by atoms with Crippen molar-refractivity contribution in [1.29, 1.82) is 0 Å². The Bertz CT molecular complexity index is 490. The summed E-state index contributed by atoms with van der Waals surface area (Å²) in [5, 5.41) is 7.68. The van der Waals surface area contributed by atoms with Gasteiger partial charge in [-0.2, -0.15) is 0 Å². The van der Waals surface area contributed by atoms with Crippen LogP contribution in [-0.4, -0.2) is 11.2 Å². The molecule has 2 nitrogen and oxygen atoms in total. The average molecular weight is 305 g/mol. The summed E-state index contributed by atoms with van der Waals surface area (Å²) < 4.78 is 0. The van der Waals surface area contributed by atoms with Crippen LogP contribution in [0.4, 0.5) is 5.69 Å². The first-order chi connectivity index (χ1) is 9.88. The SMILES string of the molecule is C[C@@H]1CCCC[C@@H]1NC(=S)Nc1ccccc1C(C)(C)C. The lowest BCUT2D eigenvalue weighted by Crippen LogP contribution is -2.43. The van der Waals surface area contributed by atoms with Crippen LogP contribution in [0.15, 0.2) is 24.3 Å². The molecule has 0 radical (unpaired) electrons. The van der Waals surface area contributed by atoms with E-state index in [4.69, 9.17) is 12.2 Å². The molecule has 1 saturated carbocycles. The van der Waals surface area contributed by atoms with E-state index >= 15 is 0 Å². The predicted molar refractivity (Wildman–Crippen MR) is 95.9 cm³/mol. The molecule has 0 spiro atoms. The molecule has 1 aliphatic rings. The first kappa shape index (κ1) is 16.3. The van der Waals surface area contributed by atoms with Gasteiger partial charge < -0.3 is 10.6 Å². The summed E-state index contributed by atoms with van der Waals surface area (Å²) in [7, 11) is 0. The van der Waals surface area contributed by atoms with Gasteiger partial charge in [0.15, 0.2) is 5.11 Å². The summed E-state index contributed by atoms with van der Waals surface area (Å²) in [6.45, 7) is 9.01. The third-order valence-corrected chi connectivity index (χ3v) is 4.63. The van der Waals surface area contributed by atoms with Crippen LogP contribution in [0.1, 0.15) is 58.9 Å². The van der Waals surface area contributed by atoms with E-state index in [1.807, 2.05) is 0 Å². The summed E-state index contributed by atoms with van der Waals surface area (Å²) in [6, 6.07) is 8.95. The second-order valence-electron chi connectivity index (χ2n) is 7.26. The highest BCUT2D eigenvalue weighted by molar-refractivity contribution is 7.80. The van der Waals surface area contributed by atoms with Gasteiger partial charge >= 0.3 is 0 Å². The molecular weight excluding hydrogens is 276 g/mol.